The first-order chi connectivity index (χ1) is 13.3. The van der Waals surface area contributed by atoms with E-state index in [1.54, 1.807) is 6.92 Å². The Morgan fingerprint density at radius 1 is 1.32 bits per heavy atom. The number of hydrogen-bond donors (Lipinski definition) is 5. The second-order valence-corrected chi connectivity index (χ2v) is 6.59. The lowest BCUT2D eigenvalue weighted by molar-refractivity contribution is -0.113. The Kier molecular flexibility index (Phi) is 5.32. The first-order valence-electron chi connectivity index (χ1n) is 8.24. The van der Waals surface area contributed by atoms with Crippen LogP contribution in [0.25, 0.3) is 0 Å². The maximum Gasteiger partial charge on any atom is 0.319 e. The van der Waals surface area contributed by atoms with Gasteiger partial charge in [-0.2, -0.15) is 0 Å². The van der Waals surface area contributed by atoms with E-state index in [0.29, 0.717) is 22.5 Å². The van der Waals surface area contributed by atoms with Crippen LogP contribution < -0.4 is 21.7 Å². The molecule has 1 atom stereocenters. The van der Waals surface area contributed by atoms with Crippen LogP contribution >= 0.6 is 11.6 Å². The highest BCUT2D eigenvalue weighted by Crippen LogP contribution is 2.30. The Morgan fingerprint density at radius 2 is 2.00 bits per heavy atom. The lowest BCUT2D eigenvalue weighted by Crippen LogP contribution is -2.45. The largest absolute Gasteiger partial charge is 0.397 e. The van der Waals surface area contributed by atoms with Crippen molar-refractivity contribution in [1.29, 1.82) is 5.41 Å². The molecule has 3 rings (SSSR count). The zero-order valence-corrected chi connectivity index (χ0v) is 15.5. The number of nitrogen functional groups attached to an aromatic ring is 1. The van der Waals surface area contributed by atoms with E-state index in [4.69, 9.17) is 22.7 Å². The van der Waals surface area contributed by atoms with Gasteiger partial charge in [0.2, 0.25) is 0 Å². The average Bonchev–Trinajstić information content (AvgIpc) is 2.64. The summed E-state index contributed by atoms with van der Waals surface area (Å²) in [5, 5.41) is 15.5. The molecule has 144 valence electrons. The molecule has 28 heavy (non-hydrogen) atoms. The van der Waals surface area contributed by atoms with Crippen molar-refractivity contribution in [3.05, 3.63) is 69.6 Å². The maximum atomic E-state index is 13.3. The Hall–Kier alpha value is -3.39. The lowest BCUT2D eigenvalue weighted by Gasteiger charge is -2.28. The van der Waals surface area contributed by atoms with Crippen LogP contribution in [0.1, 0.15) is 24.1 Å². The number of amides is 3. The van der Waals surface area contributed by atoms with Gasteiger partial charge in [0, 0.05) is 23.2 Å². The number of carbonyl (C=O) groups excluding carboxylic acids is 2. The van der Waals surface area contributed by atoms with Crippen molar-refractivity contribution < 1.29 is 14.0 Å². The fourth-order valence-corrected chi connectivity index (χ4v) is 3.16. The average molecular weight is 402 g/mol. The Bertz CT molecular complexity index is 1000. The van der Waals surface area contributed by atoms with Crippen LogP contribution in [-0.4, -0.2) is 18.2 Å². The summed E-state index contributed by atoms with van der Waals surface area (Å²) >= 11 is 6.06. The van der Waals surface area contributed by atoms with Gasteiger partial charge in [-0.1, -0.05) is 23.7 Å². The summed E-state index contributed by atoms with van der Waals surface area (Å²) in [4.78, 5) is 24.9. The molecule has 7 nitrogen and oxygen atoms in total. The van der Waals surface area contributed by atoms with Gasteiger partial charge in [0.25, 0.3) is 5.91 Å². The Morgan fingerprint density at radius 3 is 2.64 bits per heavy atom. The number of nitrogens with one attached hydrogen (secondary N) is 4. The minimum atomic E-state index is -0.763. The highest BCUT2D eigenvalue weighted by atomic mass is 35.5. The number of carbonyl (C=O) groups is 2. The van der Waals surface area contributed by atoms with Gasteiger partial charge in [-0.25, -0.2) is 9.18 Å². The topological polar surface area (TPSA) is 120 Å². The minimum Gasteiger partial charge on any atom is -0.397 e. The number of nitrogens with two attached hydrogens (primary N) is 1. The first-order valence-corrected chi connectivity index (χ1v) is 8.62. The van der Waals surface area contributed by atoms with E-state index >= 15 is 0 Å². The molecule has 0 aromatic heterocycles. The molecule has 0 saturated heterocycles. The van der Waals surface area contributed by atoms with E-state index < -0.39 is 23.8 Å². The third kappa shape index (κ3) is 3.81. The third-order valence-electron chi connectivity index (χ3n) is 4.29. The molecule has 9 heteroatoms. The van der Waals surface area contributed by atoms with E-state index in [-0.39, 0.29) is 16.3 Å². The van der Waals surface area contributed by atoms with Crippen LogP contribution in [0.15, 0.2) is 47.7 Å². The molecule has 3 amide bonds. The van der Waals surface area contributed by atoms with E-state index in [1.165, 1.54) is 36.4 Å². The van der Waals surface area contributed by atoms with Crippen molar-refractivity contribution in [2.75, 3.05) is 11.1 Å². The summed E-state index contributed by atoms with van der Waals surface area (Å²) in [6.07, 6.45) is 1.03. The fraction of sp³-hybridized carbons (Fsp3) is 0.105. The summed E-state index contributed by atoms with van der Waals surface area (Å²) in [5.41, 5.74) is 7.91. The highest BCUT2D eigenvalue weighted by molar-refractivity contribution is 6.34. The number of halogens is 2. The molecule has 0 radical (unpaired) electrons. The van der Waals surface area contributed by atoms with Gasteiger partial charge in [-0.15, -0.1) is 0 Å². The summed E-state index contributed by atoms with van der Waals surface area (Å²) in [5.74, 6) is -0.914. The van der Waals surface area contributed by atoms with Crippen molar-refractivity contribution in [1.82, 2.24) is 10.6 Å². The second kappa shape index (κ2) is 7.69. The van der Waals surface area contributed by atoms with Crippen LogP contribution in [-0.2, 0) is 4.79 Å². The Balaban J connectivity index is 1.96. The van der Waals surface area contributed by atoms with Crippen molar-refractivity contribution in [3.8, 4) is 0 Å². The minimum absolute atomic E-state index is 0.201. The van der Waals surface area contributed by atoms with Gasteiger partial charge >= 0.3 is 6.03 Å². The van der Waals surface area contributed by atoms with E-state index in [9.17, 15) is 14.0 Å². The zero-order valence-electron chi connectivity index (χ0n) is 14.8. The molecule has 6 N–H and O–H groups in total. The molecular formula is C19H17ClFN5O2. The fourth-order valence-electron chi connectivity index (χ4n) is 2.93. The van der Waals surface area contributed by atoms with Crippen molar-refractivity contribution in [3.63, 3.8) is 0 Å². The molecule has 0 bridgehead atoms. The molecule has 0 fully saturated rings. The van der Waals surface area contributed by atoms with Crippen LogP contribution in [0, 0.1) is 11.2 Å². The molecule has 2 aromatic carbocycles. The van der Waals surface area contributed by atoms with Crippen molar-refractivity contribution in [2.24, 2.45) is 0 Å². The molecule has 0 spiro atoms. The zero-order chi connectivity index (χ0) is 20.4. The number of urea groups is 1. The normalized spacial score (nSPS) is 16.2. The van der Waals surface area contributed by atoms with Crippen molar-refractivity contribution >= 4 is 41.1 Å². The smallest absolute Gasteiger partial charge is 0.319 e. The predicted molar refractivity (Wildman–Crippen MR) is 106 cm³/mol. The molecular weight excluding hydrogens is 385 g/mol. The molecule has 1 aliphatic rings. The number of anilines is 2. The van der Waals surface area contributed by atoms with Crippen LogP contribution in [0.2, 0.25) is 5.02 Å². The molecule has 0 aliphatic carbocycles. The van der Waals surface area contributed by atoms with Crippen LogP contribution in [0.5, 0.6) is 0 Å². The molecule has 2 aromatic rings. The summed E-state index contributed by atoms with van der Waals surface area (Å²) in [7, 11) is 0. The molecule has 0 saturated carbocycles. The Labute approximate surface area is 165 Å². The lowest BCUT2D eigenvalue weighted by atomic mass is 9.94. The van der Waals surface area contributed by atoms with Crippen LogP contribution in [0.4, 0.5) is 20.6 Å². The third-order valence-corrected chi connectivity index (χ3v) is 4.60. The van der Waals surface area contributed by atoms with E-state index in [2.05, 4.69) is 16.0 Å². The summed E-state index contributed by atoms with van der Waals surface area (Å²) in [6.45, 7) is 1.60. The summed E-state index contributed by atoms with van der Waals surface area (Å²) < 4.78 is 13.3. The number of hydrogen-bond acceptors (Lipinski definition) is 4. The molecule has 1 unspecified atom stereocenters. The van der Waals surface area contributed by atoms with Gasteiger partial charge in [0.1, 0.15) is 5.82 Å². The molecule has 1 heterocycles. The number of rotatable bonds is 4. The van der Waals surface area contributed by atoms with Gasteiger partial charge in [-0.05, 0) is 36.8 Å². The van der Waals surface area contributed by atoms with Gasteiger partial charge in [0.05, 0.1) is 22.3 Å². The standard InChI is InChI=1S/C19H17ClFN5O2/c1-9-15(17(26-19(28)24-9)10-2-4-12(21)5-3-10)18(27)25-13-6-11(8-22)16(23)14(20)7-13/h2-8,17,22H,23H2,1H3,(H,25,27)(H2,24,26,28). The SMILES string of the molecule is CC1=C(C(=O)Nc2cc(Cl)c(N)c(C=N)c2)C(c2ccc(F)cc2)NC(=O)N1. The van der Waals surface area contributed by atoms with E-state index in [1.807, 2.05) is 0 Å². The predicted octanol–water partition coefficient (Wildman–Crippen LogP) is 3.33. The number of benzene rings is 2. The quantitative estimate of drug-likeness (QED) is 0.399. The monoisotopic (exact) mass is 401 g/mol. The number of allylic oxidation sites excluding steroid dienone is 1. The summed E-state index contributed by atoms with van der Waals surface area (Å²) in [6, 6.07) is 7.27. The van der Waals surface area contributed by atoms with Gasteiger partial charge in [-0.3, -0.25) is 4.79 Å². The van der Waals surface area contributed by atoms with Crippen LogP contribution in [0.3, 0.4) is 0 Å². The van der Waals surface area contributed by atoms with Gasteiger partial charge < -0.3 is 27.1 Å². The van der Waals surface area contributed by atoms with E-state index in [0.717, 1.165) is 6.21 Å². The second-order valence-electron chi connectivity index (χ2n) is 6.18. The first kappa shape index (κ1) is 19.4. The van der Waals surface area contributed by atoms with Gasteiger partial charge in [0.15, 0.2) is 0 Å². The van der Waals surface area contributed by atoms with Crippen molar-refractivity contribution in [2.45, 2.75) is 13.0 Å². The highest BCUT2D eigenvalue weighted by Gasteiger charge is 2.31. The molecule has 1 aliphatic heterocycles. The maximum absolute atomic E-state index is 13.3.